The zero-order valence-corrected chi connectivity index (χ0v) is 34.5. The summed E-state index contributed by atoms with van der Waals surface area (Å²) in [6.45, 7) is 4.64. The third kappa shape index (κ3) is 35.6. The normalized spacial score (nSPS) is 14.6. The van der Waals surface area contributed by atoms with Gasteiger partial charge in [0.1, 0.15) is 13.2 Å². The van der Waals surface area contributed by atoms with Gasteiger partial charge in [0.15, 0.2) is 0 Å². The fourth-order valence-corrected chi connectivity index (χ4v) is 6.82. The van der Waals surface area contributed by atoms with E-state index in [-0.39, 0.29) is 19.1 Å². The third-order valence-corrected chi connectivity index (χ3v) is 10.5. The quantitative estimate of drug-likeness (QED) is 0.0283. The number of phosphoric ester groups is 1. The van der Waals surface area contributed by atoms with Gasteiger partial charge in [0, 0.05) is 6.42 Å². The topological polar surface area (TPSA) is 108 Å². The van der Waals surface area contributed by atoms with Gasteiger partial charge in [-0.1, -0.05) is 180 Å². The lowest BCUT2D eigenvalue weighted by Gasteiger charge is -2.29. The lowest BCUT2D eigenvalue weighted by Crippen LogP contribution is -2.45. The molecule has 8 nitrogen and oxygen atoms in total. The number of nitrogens with one attached hydrogen (secondary N) is 1. The van der Waals surface area contributed by atoms with E-state index in [1.165, 1.54) is 135 Å². The standard InChI is InChI=1S/C41H83N2O6P/c1-6-8-10-12-14-16-18-20-22-24-26-28-30-32-34-40(44)39(38-49-50(46,47)48-37-36-43(3,4)5)42-41(45)35-33-31-29-27-25-23-21-19-17-15-13-11-9-7-2/h32,34,39-40,44H,6-31,33,35-38H2,1-5H3,(H-,42,45,46,47)/b34-32+. The SMILES string of the molecule is CCCCCCCCCCCCCC/C=C/C(O)C(COP(=O)([O-])OCC[N+](C)(C)C)NC(=O)CCCCCCCCCCCCCCCC. The largest absolute Gasteiger partial charge is 0.756 e. The molecule has 0 aromatic heterocycles. The molecule has 298 valence electrons. The van der Waals surface area contributed by atoms with E-state index in [1.54, 1.807) is 6.08 Å². The number of aliphatic hydroxyl groups excluding tert-OH is 1. The maximum absolute atomic E-state index is 12.8. The van der Waals surface area contributed by atoms with Crippen LogP contribution in [0.2, 0.25) is 0 Å². The van der Waals surface area contributed by atoms with Crippen LogP contribution in [-0.2, 0) is 18.4 Å². The molecule has 0 rings (SSSR count). The molecule has 0 aromatic carbocycles. The van der Waals surface area contributed by atoms with E-state index in [9.17, 15) is 19.4 Å². The molecule has 0 aliphatic carbocycles. The second-order valence-corrected chi connectivity index (χ2v) is 17.1. The van der Waals surface area contributed by atoms with Crippen LogP contribution in [0.4, 0.5) is 0 Å². The Kier molecular flexibility index (Phi) is 33.5. The van der Waals surface area contributed by atoms with Gasteiger partial charge in [-0.2, -0.15) is 0 Å². The van der Waals surface area contributed by atoms with Crippen LogP contribution < -0.4 is 10.2 Å². The summed E-state index contributed by atoms with van der Waals surface area (Å²) in [5.74, 6) is -0.197. The van der Waals surface area contributed by atoms with Crippen LogP contribution in [0.25, 0.3) is 0 Å². The monoisotopic (exact) mass is 731 g/mol. The van der Waals surface area contributed by atoms with Gasteiger partial charge in [-0.25, -0.2) is 0 Å². The number of unbranched alkanes of at least 4 members (excludes halogenated alkanes) is 25. The number of carbonyl (C=O) groups is 1. The minimum atomic E-state index is -4.58. The zero-order chi connectivity index (χ0) is 37.2. The second-order valence-electron chi connectivity index (χ2n) is 15.7. The predicted octanol–water partition coefficient (Wildman–Crippen LogP) is 10.6. The van der Waals surface area contributed by atoms with Crippen LogP contribution in [-0.4, -0.2) is 68.5 Å². The number of carbonyl (C=O) groups excluding carboxylic acids is 1. The highest BCUT2D eigenvalue weighted by Gasteiger charge is 2.23. The molecule has 0 fully saturated rings. The highest BCUT2D eigenvalue weighted by Crippen LogP contribution is 2.38. The van der Waals surface area contributed by atoms with Crippen molar-refractivity contribution >= 4 is 13.7 Å². The second kappa shape index (κ2) is 34.0. The van der Waals surface area contributed by atoms with Crippen molar-refractivity contribution in [2.24, 2.45) is 0 Å². The van der Waals surface area contributed by atoms with Crippen molar-refractivity contribution < 1.29 is 32.9 Å². The molecule has 0 bridgehead atoms. The summed E-state index contributed by atoms with van der Waals surface area (Å²) in [6, 6.07) is -0.878. The van der Waals surface area contributed by atoms with Gasteiger partial charge < -0.3 is 28.8 Å². The van der Waals surface area contributed by atoms with E-state index in [0.29, 0.717) is 17.4 Å². The number of amides is 1. The molecule has 50 heavy (non-hydrogen) atoms. The summed E-state index contributed by atoms with van der Waals surface area (Å²) >= 11 is 0. The molecular formula is C41H83N2O6P. The Morgan fingerprint density at radius 2 is 1.08 bits per heavy atom. The van der Waals surface area contributed by atoms with Crippen molar-refractivity contribution in [2.45, 2.75) is 206 Å². The number of aliphatic hydroxyl groups is 1. The first kappa shape index (κ1) is 49.2. The van der Waals surface area contributed by atoms with Crippen LogP contribution in [0.15, 0.2) is 12.2 Å². The van der Waals surface area contributed by atoms with Crippen molar-refractivity contribution in [3.8, 4) is 0 Å². The molecule has 0 spiro atoms. The first-order valence-electron chi connectivity index (χ1n) is 21.1. The fourth-order valence-electron chi connectivity index (χ4n) is 6.09. The Labute approximate surface area is 310 Å². The van der Waals surface area contributed by atoms with Gasteiger partial charge in [0.05, 0.1) is 39.9 Å². The van der Waals surface area contributed by atoms with Crippen molar-refractivity contribution in [3.05, 3.63) is 12.2 Å². The lowest BCUT2D eigenvalue weighted by atomic mass is 10.0. The minimum Gasteiger partial charge on any atom is -0.756 e. The molecule has 0 heterocycles. The van der Waals surface area contributed by atoms with E-state index in [0.717, 1.165) is 38.5 Å². The molecule has 9 heteroatoms. The van der Waals surface area contributed by atoms with Crippen molar-refractivity contribution in [3.63, 3.8) is 0 Å². The average molecular weight is 731 g/mol. The Hall–Kier alpha value is -0.760. The molecule has 3 atom stereocenters. The molecule has 0 radical (unpaired) electrons. The summed E-state index contributed by atoms with van der Waals surface area (Å²) in [5.41, 5.74) is 0. The van der Waals surface area contributed by atoms with E-state index >= 15 is 0 Å². The first-order chi connectivity index (χ1) is 24.0. The van der Waals surface area contributed by atoms with Gasteiger partial charge in [0.2, 0.25) is 5.91 Å². The molecule has 0 aromatic rings. The Bertz CT molecular complexity index is 834. The Balaban J connectivity index is 4.46. The van der Waals surface area contributed by atoms with Crippen molar-refractivity contribution in [1.29, 1.82) is 0 Å². The summed E-state index contributed by atoms with van der Waals surface area (Å²) in [7, 11) is 1.27. The molecule has 1 amide bonds. The average Bonchev–Trinajstić information content (AvgIpc) is 3.06. The van der Waals surface area contributed by atoms with Crippen LogP contribution in [0, 0.1) is 0 Å². The predicted molar refractivity (Wildman–Crippen MR) is 210 cm³/mol. The van der Waals surface area contributed by atoms with Gasteiger partial charge >= 0.3 is 0 Å². The highest BCUT2D eigenvalue weighted by molar-refractivity contribution is 7.45. The smallest absolute Gasteiger partial charge is 0.268 e. The zero-order valence-electron chi connectivity index (χ0n) is 33.6. The Morgan fingerprint density at radius 3 is 1.50 bits per heavy atom. The molecule has 3 unspecified atom stereocenters. The van der Waals surface area contributed by atoms with E-state index < -0.39 is 20.0 Å². The number of quaternary nitrogens is 1. The van der Waals surface area contributed by atoms with Crippen molar-refractivity contribution in [2.75, 3.05) is 40.9 Å². The number of allylic oxidation sites excluding steroid dienone is 1. The number of likely N-dealkylation sites (N-methyl/N-ethyl adjacent to an activating group) is 1. The lowest BCUT2D eigenvalue weighted by molar-refractivity contribution is -0.870. The Morgan fingerprint density at radius 1 is 0.680 bits per heavy atom. The molecule has 2 N–H and O–H groups in total. The first-order valence-corrected chi connectivity index (χ1v) is 22.5. The van der Waals surface area contributed by atoms with Gasteiger partial charge in [-0.05, 0) is 19.3 Å². The number of hydrogen-bond donors (Lipinski definition) is 2. The summed E-state index contributed by atoms with van der Waals surface area (Å²) in [5, 5.41) is 13.7. The fraction of sp³-hybridized carbons (Fsp3) is 0.927. The molecule has 0 saturated carbocycles. The number of rotatable bonds is 38. The van der Waals surface area contributed by atoms with Crippen molar-refractivity contribution in [1.82, 2.24) is 5.32 Å². The molecular weight excluding hydrogens is 647 g/mol. The van der Waals surface area contributed by atoms with Gasteiger partial charge in [-0.15, -0.1) is 0 Å². The maximum atomic E-state index is 12.8. The van der Waals surface area contributed by atoms with Crippen LogP contribution in [0.3, 0.4) is 0 Å². The number of nitrogens with zero attached hydrogens (tertiary/aromatic N) is 1. The molecule has 0 saturated heterocycles. The number of phosphoric acid groups is 1. The van der Waals surface area contributed by atoms with Gasteiger partial charge in [-0.3, -0.25) is 9.36 Å². The minimum absolute atomic E-state index is 0.00192. The summed E-state index contributed by atoms with van der Waals surface area (Å²) in [6.07, 6.45) is 36.7. The number of hydrogen-bond acceptors (Lipinski definition) is 6. The van der Waals surface area contributed by atoms with E-state index in [4.69, 9.17) is 9.05 Å². The van der Waals surface area contributed by atoms with Crippen LogP contribution in [0.5, 0.6) is 0 Å². The maximum Gasteiger partial charge on any atom is 0.268 e. The highest BCUT2D eigenvalue weighted by atomic mass is 31.2. The van der Waals surface area contributed by atoms with Crippen LogP contribution >= 0.6 is 7.82 Å². The third-order valence-electron chi connectivity index (χ3n) is 9.50. The summed E-state index contributed by atoms with van der Waals surface area (Å²) in [4.78, 5) is 25.2. The van der Waals surface area contributed by atoms with Gasteiger partial charge in [0.25, 0.3) is 7.82 Å². The molecule has 0 aliphatic heterocycles. The van der Waals surface area contributed by atoms with E-state index in [2.05, 4.69) is 19.2 Å². The molecule has 0 aliphatic rings. The van der Waals surface area contributed by atoms with Crippen LogP contribution in [0.1, 0.15) is 194 Å². The van der Waals surface area contributed by atoms with E-state index in [1.807, 2.05) is 27.2 Å². The summed E-state index contributed by atoms with van der Waals surface area (Å²) < 4.78 is 23.1.